The van der Waals surface area contributed by atoms with Crippen LogP contribution in [0.25, 0.3) is 0 Å². The predicted molar refractivity (Wildman–Crippen MR) is 96.3 cm³/mol. The van der Waals surface area contributed by atoms with Crippen LogP contribution in [0.4, 0.5) is 11.4 Å². The maximum absolute atomic E-state index is 2.23. The summed E-state index contributed by atoms with van der Waals surface area (Å²) in [7, 11) is 2.18. The van der Waals surface area contributed by atoms with Crippen LogP contribution in [-0.4, -0.2) is 7.41 Å². The highest BCUT2D eigenvalue weighted by Crippen LogP contribution is 2.24. The molecule has 0 bridgehead atoms. The second kappa shape index (κ2) is 6.53. The van der Waals surface area contributed by atoms with Crippen LogP contribution < -0.4 is 10.3 Å². The molecule has 22 heavy (non-hydrogen) atoms. The molecular formula is C20H19BN. The molecule has 0 heterocycles. The van der Waals surface area contributed by atoms with E-state index in [2.05, 4.69) is 98.9 Å². The first-order chi connectivity index (χ1) is 10.7. The van der Waals surface area contributed by atoms with Gasteiger partial charge in [0.25, 0.3) is 7.41 Å². The van der Waals surface area contributed by atoms with Gasteiger partial charge in [-0.2, -0.15) is 0 Å². The molecule has 3 rings (SSSR count). The van der Waals surface area contributed by atoms with Gasteiger partial charge in [0.05, 0.1) is 0 Å². The van der Waals surface area contributed by atoms with Crippen molar-refractivity contribution in [2.24, 2.45) is 0 Å². The van der Waals surface area contributed by atoms with Gasteiger partial charge in [0.15, 0.2) is 0 Å². The summed E-state index contributed by atoms with van der Waals surface area (Å²) in [4.78, 5) is 2.23. The van der Waals surface area contributed by atoms with Crippen LogP contribution in [0, 0.1) is 13.8 Å². The van der Waals surface area contributed by atoms with Gasteiger partial charge in [0.2, 0.25) is 0 Å². The maximum Gasteiger partial charge on any atom is 0.290 e. The molecule has 0 atom stereocenters. The Kier molecular flexibility index (Phi) is 4.29. The number of rotatable bonds is 4. The summed E-state index contributed by atoms with van der Waals surface area (Å²) >= 11 is 0. The Labute approximate surface area is 133 Å². The van der Waals surface area contributed by atoms with Crippen molar-refractivity contribution in [2.75, 3.05) is 4.81 Å². The minimum Gasteiger partial charge on any atom is -0.386 e. The van der Waals surface area contributed by atoms with Crippen molar-refractivity contribution < 1.29 is 0 Å². The first-order valence-electron chi connectivity index (χ1n) is 7.55. The van der Waals surface area contributed by atoms with E-state index in [-0.39, 0.29) is 0 Å². The minimum atomic E-state index is 1.17. The zero-order valence-corrected chi connectivity index (χ0v) is 13.0. The van der Waals surface area contributed by atoms with E-state index in [9.17, 15) is 0 Å². The molecule has 0 aliphatic carbocycles. The Morgan fingerprint density at radius 1 is 0.591 bits per heavy atom. The maximum atomic E-state index is 2.23. The zero-order chi connectivity index (χ0) is 15.4. The fourth-order valence-corrected chi connectivity index (χ4v) is 2.40. The van der Waals surface area contributed by atoms with E-state index in [0.29, 0.717) is 0 Å². The molecular weight excluding hydrogens is 265 g/mol. The van der Waals surface area contributed by atoms with Gasteiger partial charge in [0.1, 0.15) is 0 Å². The minimum absolute atomic E-state index is 1.17. The van der Waals surface area contributed by atoms with E-state index >= 15 is 0 Å². The van der Waals surface area contributed by atoms with Crippen molar-refractivity contribution >= 4 is 24.3 Å². The molecule has 0 saturated heterocycles. The lowest BCUT2D eigenvalue weighted by atomic mass is 9.79. The summed E-state index contributed by atoms with van der Waals surface area (Å²) in [5.41, 5.74) is 6.06. The second-order valence-electron chi connectivity index (χ2n) is 5.58. The van der Waals surface area contributed by atoms with Crippen LogP contribution in [-0.2, 0) is 0 Å². The average Bonchev–Trinajstić information content (AvgIpc) is 2.56. The Morgan fingerprint density at radius 2 is 1.05 bits per heavy atom. The highest BCUT2D eigenvalue weighted by molar-refractivity contribution is 6.59. The van der Waals surface area contributed by atoms with E-state index in [1.54, 1.807) is 0 Å². The Hall–Kier alpha value is -2.48. The smallest absolute Gasteiger partial charge is 0.290 e. The number of anilines is 2. The standard InChI is InChI=1S/C20H19BN/c1-16-8-12-19(13-9-16)22(20-14-10-17(2)11-15-20)21-18-6-4-3-5-7-18/h3-15H,1-2H3. The molecule has 0 saturated carbocycles. The lowest BCUT2D eigenvalue weighted by Gasteiger charge is -2.25. The molecule has 0 aliphatic rings. The third-order valence-corrected chi connectivity index (χ3v) is 3.70. The first kappa shape index (κ1) is 14.5. The summed E-state index contributed by atoms with van der Waals surface area (Å²) in [6, 6.07) is 27.6. The first-order valence-corrected chi connectivity index (χ1v) is 7.55. The van der Waals surface area contributed by atoms with E-state index in [4.69, 9.17) is 0 Å². The molecule has 3 aromatic carbocycles. The third-order valence-electron chi connectivity index (χ3n) is 3.70. The Balaban J connectivity index is 1.97. The molecule has 3 aromatic rings. The Morgan fingerprint density at radius 3 is 1.50 bits per heavy atom. The van der Waals surface area contributed by atoms with E-state index in [1.165, 1.54) is 28.0 Å². The fraction of sp³-hybridized carbons (Fsp3) is 0.100. The van der Waals surface area contributed by atoms with Gasteiger partial charge in [-0.25, -0.2) is 0 Å². The summed E-state index contributed by atoms with van der Waals surface area (Å²) < 4.78 is 0. The van der Waals surface area contributed by atoms with E-state index in [1.807, 2.05) is 6.07 Å². The zero-order valence-electron chi connectivity index (χ0n) is 13.0. The topological polar surface area (TPSA) is 3.24 Å². The molecule has 0 aromatic heterocycles. The number of benzene rings is 3. The highest BCUT2D eigenvalue weighted by atomic mass is 15.1. The van der Waals surface area contributed by atoms with Crippen LogP contribution in [0.5, 0.6) is 0 Å². The molecule has 0 aliphatic heterocycles. The van der Waals surface area contributed by atoms with Crippen LogP contribution in [0.1, 0.15) is 11.1 Å². The van der Waals surface area contributed by atoms with Crippen molar-refractivity contribution in [2.45, 2.75) is 13.8 Å². The molecule has 0 amide bonds. The van der Waals surface area contributed by atoms with Gasteiger partial charge in [0, 0.05) is 11.4 Å². The fourth-order valence-electron chi connectivity index (χ4n) is 2.40. The lowest BCUT2D eigenvalue weighted by molar-refractivity contribution is 1.36. The predicted octanol–water partition coefficient (Wildman–Crippen LogP) is 4.39. The summed E-state index contributed by atoms with van der Waals surface area (Å²) in [6.45, 7) is 4.22. The number of hydrogen-bond acceptors (Lipinski definition) is 1. The van der Waals surface area contributed by atoms with Gasteiger partial charge in [-0.05, 0) is 38.1 Å². The van der Waals surface area contributed by atoms with Gasteiger partial charge in [-0.15, -0.1) is 0 Å². The molecule has 0 fully saturated rings. The molecule has 1 radical (unpaired) electrons. The monoisotopic (exact) mass is 284 g/mol. The SMILES string of the molecule is Cc1ccc(N([B]c2ccccc2)c2ccc(C)cc2)cc1. The number of nitrogens with zero attached hydrogens (tertiary/aromatic N) is 1. The second-order valence-corrected chi connectivity index (χ2v) is 5.58. The molecule has 2 heteroatoms. The molecule has 0 spiro atoms. The van der Waals surface area contributed by atoms with E-state index in [0.717, 1.165) is 0 Å². The summed E-state index contributed by atoms with van der Waals surface area (Å²) in [6.07, 6.45) is 0. The number of aryl methyl sites for hydroxylation is 2. The van der Waals surface area contributed by atoms with Crippen molar-refractivity contribution in [3.8, 4) is 0 Å². The van der Waals surface area contributed by atoms with Crippen LogP contribution in [0.2, 0.25) is 0 Å². The summed E-state index contributed by atoms with van der Waals surface area (Å²) in [5.74, 6) is 0. The van der Waals surface area contributed by atoms with Crippen molar-refractivity contribution in [1.29, 1.82) is 0 Å². The normalized spacial score (nSPS) is 10.3. The molecule has 107 valence electrons. The largest absolute Gasteiger partial charge is 0.386 e. The van der Waals surface area contributed by atoms with Gasteiger partial charge >= 0.3 is 0 Å². The Bertz CT molecular complexity index is 672. The highest BCUT2D eigenvalue weighted by Gasteiger charge is 2.11. The molecule has 0 N–H and O–H groups in total. The van der Waals surface area contributed by atoms with Crippen LogP contribution in [0.15, 0.2) is 78.9 Å². The number of hydrogen-bond donors (Lipinski definition) is 0. The van der Waals surface area contributed by atoms with E-state index < -0.39 is 0 Å². The molecule has 0 unspecified atom stereocenters. The lowest BCUT2D eigenvalue weighted by Crippen LogP contribution is -2.32. The third kappa shape index (κ3) is 3.40. The van der Waals surface area contributed by atoms with Gasteiger partial charge in [-0.3, -0.25) is 0 Å². The quantitative estimate of drug-likeness (QED) is 0.642. The average molecular weight is 284 g/mol. The van der Waals surface area contributed by atoms with Crippen LogP contribution >= 0.6 is 0 Å². The van der Waals surface area contributed by atoms with Crippen LogP contribution in [0.3, 0.4) is 0 Å². The van der Waals surface area contributed by atoms with Crippen molar-refractivity contribution in [3.05, 3.63) is 90.0 Å². The van der Waals surface area contributed by atoms with Gasteiger partial charge < -0.3 is 4.81 Å². The van der Waals surface area contributed by atoms with Crippen molar-refractivity contribution in [1.82, 2.24) is 0 Å². The summed E-state index contributed by atoms with van der Waals surface area (Å²) in [5, 5.41) is 0. The van der Waals surface area contributed by atoms with Crippen molar-refractivity contribution in [3.63, 3.8) is 0 Å². The van der Waals surface area contributed by atoms with Gasteiger partial charge in [-0.1, -0.05) is 71.2 Å². The molecule has 1 nitrogen and oxygen atoms in total.